The van der Waals surface area contributed by atoms with Crippen molar-refractivity contribution in [1.82, 2.24) is 4.90 Å². The van der Waals surface area contributed by atoms with Gasteiger partial charge in [0.25, 0.3) is 5.91 Å². The molecule has 1 aliphatic rings. The average Bonchev–Trinajstić information content (AvgIpc) is 2.75. The van der Waals surface area contributed by atoms with Crippen LogP contribution in [0.4, 0.5) is 0 Å². The van der Waals surface area contributed by atoms with Gasteiger partial charge in [-0.05, 0) is 52.5 Å². The minimum atomic E-state index is 0.0153. The zero-order chi connectivity index (χ0) is 13.3. The van der Waals surface area contributed by atoms with E-state index in [-0.39, 0.29) is 11.3 Å². The summed E-state index contributed by atoms with van der Waals surface area (Å²) in [6.45, 7) is 4.19. The predicted molar refractivity (Wildman–Crippen MR) is 76.8 cm³/mol. The van der Waals surface area contributed by atoms with Crippen LogP contribution in [-0.2, 0) is 0 Å². The highest BCUT2D eigenvalue weighted by Gasteiger charge is 2.35. The first-order chi connectivity index (χ1) is 8.45. The summed E-state index contributed by atoms with van der Waals surface area (Å²) in [5.41, 5.74) is 6.41. The minimum absolute atomic E-state index is 0.0153. The lowest BCUT2D eigenvalue weighted by atomic mass is 9.90. The van der Waals surface area contributed by atoms with Gasteiger partial charge >= 0.3 is 0 Å². The summed E-state index contributed by atoms with van der Waals surface area (Å²) in [5.74, 6) is 0.0153. The summed E-state index contributed by atoms with van der Waals surface area (Å²) < 4.78 is 0.776. The van der Waals surface area contributed by atoms with Crippen molar-refractivity contribution in [3.05, 3.63) is 33.3 Å². The Labute approximate surface area is 120 Å². The van der Waals surface area contributed by atoms with Crippen LogP contribution in [0.15, 0.2) is 22.7 Å². The molecule has 2 N–H and O–H groups in total. The molecule has 0 bridgehead atoms. The van der Waals surface area contributed by atoms with Gasteiger partial charge in [0.2, 0.25) is 0 Å². The molecule has 1 aromatic carbocycles. The van der Waals surface area contributed by atoms with Gasteiger partial charge in [-0.2, -0.15) is 0 Å². The molecular weight excluding hydrogens is 316 g/mol. The fourth-order valence-corrected chi connectivity index (χ4v) is 2.78. The molecule has 1 atom stereocenters. The first-order valence-electron chi connectivity index (χ1n) is 5.90. The molecule has 1 saturated heterocycles. The Kier molecular flexibility index (Phi) is 3.99. The van der Waals surface area contributed by atoms with Crippen molar-refractivity contribution in [3.63, 3.8) is 0 Å². The van der Waals surface area contributed by atoms with Gasteiger partial charge in [0.15, 0.2) is 0 Å². The highest BCUT2D eigenvalue weighted by molar-refractivity contribution is 9.10. The van der Waals surface area contributed by atoms with E-state index in [1.165, 1.54) is 0 Å². The Hall–Kier alpha value is -0.580. The largest absolute Gasteiger partial charge is 0.338 e. The normalized spacial score (nSPS) is 23.4. The van der Waals surface area contributed by atoms with E-state index >= 15 is 0 Å². The Morgan fingerprint density at radius 3 is 2.94 bits per heavy atom. The molecule has 0 radical (unpaired) electrons. The van der Waals surface area contributed by atoms with Gasteiger partial charge in [0.1, 0.15) is 0 Å². The number of carbonyl (C=O) groups excluding carboxylic acids is 1. The standard InChI is InChI=1S/C13H16BrClN2O/c1-13(7-16)4-5-17(8-13)12(18)10-6-9(15)2-3-11(10)14/h2-3,6H,4-5,7-8,16H2,1H3. The fourth-order valence-electron chi connectivity index (χ4n) is 2.20. The van der Waals surface area contributed by atoms with Crippen LogP contribution in [0.3, 0.4) is 0 Å². The molecule has 1 amide bonds. The molecule has 2 rings (SSSR count). The third kappa shape index (κ3) is 2.71. The van der Waals surface area contributed by atoms with Crippen LogP contribution in [0.25, 0.3) is 0 Å². The number of carbonyl (C=O) groups is 1. The van der Waals surface area contributed by atoms with E-state index in [4.69, 9.17) is 17.3 Å². The topological polar surface area (TPSA) is 46.3 Å². The summed E-state index contributed by atoms with van der Waals surface area (Å²) in [4.78, 5) is 14.3. The molecule has 0 saturated carbocycles. The van der Waals surface area contributed by atoms with Crippen molar-refractivity contribution in [2.24, 2.45) is 11.1 Å². The van der Waals surface area contributed by atoms with E-state index in [0.29, 0.717) is 23.7 Å². The van der Waals surface area contributed by atoms with Crippen molar-refractivity contribution < 1.29 is 4.79 Å². The lowest BCUT2D eigenvalue weighted by Crippen LogP contribution is -2.34. The zero-order valence-corrected chi connectivity index (χ0v) is 12.6. The Morgan fingerprint density at radius 1 is 1.61 bits per heavy atom. The second kappa shape index (κ2) is 5.19. The number of rotatable bonds is 2. The molecule has 1 unspecified atom stereocenters. The lowest BCUT2D eigenvalue weighted by Gasteiger charge is -2.23. The second-order valence-corrected chi connectivity index (χ2v) is 6.41. The maximum atomic E-state index is 12.4. The fraction of sp³-hybridized carbons (Fsp3) is 0.462. The van der Waals surface area contributed by atoms with Crippen LogP contribution in [0.2, 0.25) is 5.02 Å². The molecule has 1 aromatic rings. The molecule has 0 spiro atoms. The molecule has 0 aromatic heterocycles. The van der Waals surface area contributed by atoms with E-state index in [1.807, 2.05) is 4.90 Å². The predicted octanol–water partition coefficient (Wildman–Crippen LogP) is 2.91. The quantitative estimate of drug-likeness (QED) is 0.905. The molecule has 3 nitrogen and oxygen atoms in total. The van der Waals surface area contributed by atoms with Gasteiger partial charge in [-0.3, -0.25) is 4.79 Å². The molecule has 0 aliphatic carbocycles. The Balaban J connectivity index is 2.20. The number of likely N-dealkylation sites (tertiary alicyclic amines) is 1. The van der Waals surface area contributed by atoms with Gasteiger partial charge < -0.3 is 10.6 Å². The molecule has 1 aliphatic heterocycles. The van der Waals surface area contributed by atoms with Gasteiger partial charge in [-0.1, -0.05) is 18.5 Å². The van der Waals surface area contributed by atoms with E-state index in [2.05, 4.69) is 22.9 Å². The number of hydrogen-bond acceptors (Lipinski definition) is 2. The van der Waals surface area contributed by atoms with Crippen molar-refractivity contribution >= 4 is 33.4 Å². The maximum absolute atomic E-state index is 12.4. The SMILES string of the molecule is CC1(CN)CCN(C(=O)c2cc(Cl)ccc2Br)C1. The number of benzene rings is 1. The highest BCUT2D eigenvalue weighted by atomic mass is 79.9. The summed E-state index contributed by atoms with van der Waals surface area (Å²) in [5, 5.41) is 0.572. The summed E-state index contributed by atoms with van der Waals surface area (Å²) in [6, 6.07) is 5.26. The summed E-state index contributed by atoms with van der Waals surface area (Å²) in [7, 11) is 0. The van der Waals surface area contributed by atoms with Gasteiger partial charge in [0, 0.05) is 22.6 Å². The van der Waals surface area contributed by atoms with Crippen LogP contribution in [0.5, 0.6) is 0 Å². The van der Waals surface area contributed by atoms with Crippen LogP contribution in [0.1, 0.15) is 23.7 Å². The van der Waals surface area contributed by atoms with E-state index in [9.17, 15) is 4.79 Å². The van der Waals surface area contributed by atoms with Crippen LogP contribution in [-0.4, -0.2) is 30.4 Å². The summed E-state index contributed by atoms with van der Waals surface area (Å²) >= 11 is 9.33. The number of hydrogen-bond donors (Lipinski definition) is 1. The number of amides is 1. The van der Waals surface area contributed by atoms with E-state index < -0.39 is 0 Å². The van der Waals surface area contributed by atoms with E-state index in [0.717, 1.165) is 17.4 Å². The molecule has 1 heterocycles. The van der Waals surface area contributed by atoms with Crippen molar-refractivity contribution in [1.29, 1.82) is 0 Å². The first kappa shape index (κ1) is 13.8. The maximum Gasteiger partial charge on any atom is 0.255 e. The summed E-state index contributed by atoms with van der Waals surface area (Å²) in [6.07, 6.45) is 0.952. The van der Waals surface area contributed by atoms with Crippen LogP contribution < -0.4 is 5.73 Å². The van der Waals surface area contributed by atoms with Crippen LogP contribution in [0, 0.1) is 5.41 Å². The zero-order valence-electron chi connectivity index (χ0n) is 10.2. The molecule has 5 heteroatoms. The third-order valence-electron chi connectivity index (χ3n) is 3.50. The van der Waals surface area contributed by atoms with Crippen LogP contribution >= 0.6 is 27.5 Å². The second-order valence-electron chi connectivity index (χ2n) is 5.12. The van der Waals surface area contributed by atoms with Crippen molar-refractivity contribution in [2.45, 2.75) is 13.3 Å². The minimum Gasteiger partial charge on any atom is -0.338 e. The molecule has 98 valence electrons. The average molecular weight is 332 g/mol. The van der Waals surface area contributed by atoms with Gasteiger partial charge in [0.05, 0.1) is 5.56 Å². The van der Waals surface area contributed by atoms with E-state index in [1.54, 1.807) is 18.2 Å². The van der Waals surface area contributed by atoms with Gasteiger partial charge in [-0.25, -0.2) is 0 Å². The number of nitrogens with two attached hydrogens (primary N) is 1. The number of nitrogens with zero attached hydrogens (tertiary/aromatic N) is 1. The van der Waals surface area contributed by atoms with Gasteiger partial charge in [-0.15, -0.1) is 0 Å². The van der Waals surface area contributed by atoms with Crippen molar-refractivity contribution in [3.8, 4) is 0 Å². The third-order valence-corrected chi connectivity index (χ3v) is 4.42. The lowest BCUT2D eigenvalue weighted by molar-refractivity contribution is 0.0776. The Bertz CT molecular complexity index is 480. The molecule has 18 heavy (non-hydrogen) atoms. The van der Waals surface area contributed by atoms with Crippen molar-refractivity contribution in [2.75, 3.05) is 19.6 Å². The molecular formula is C13H16BrClN2O. The number of halogens is 2. The monoisotopic (exact) mass is 330 g/mol. The smallest absolute Gasteiger partial charge is 0.255 e. The highest BCUT2D eigenvalue weighted by Crippen LogP contribution is 2.31. The Morgan fingerprint density at radius 2 is 2.33 bits per heavy atom. The first-order valence-corrected chi connectivity index (χ1v) is 7.07. The molecule has 1 fully saturated rings.